The summed E-state index contributed by atoms with van der Waals surface area (Å²) in [5, 5.41) is 15.8. The minimum Gasteiger partial charge on any atom is -0.481 e. The highest BCUT2D eigenvalue weighted by atomic mass is 16.6. The van der Waals surface area contributed by atoms with Crippen LogP contribution in [0.1, 0.15) is 122 Å². The van der Waals surface area contributed by atoms with Crippen molar-refractivity contribution in [2.75, 3.05) is 14.1 Å². The second kappa shape index (κ2) is 19.5. The molecule has 0 aliphatic heterocycles. The molecule has 1 aromatic carbocycles. The van der Waals surface area contributed by atoms with Crippen LogP contribution in [-0.4, -0.2) is 105 Å². The molecule has 14 heteroatoms. The van der Waals surface area contributed by atoms with Gasteiger partial charge >= 0.3 is 18.0 Å². The summed E-state index contributed by atoms with van der Waals surface area (Å²) in [6, 6.07) is 3.89. The molecule has 59 heavy (non-hydrogen) atoms. The maximum absolute atomic E-state index is 14.9. The maximum atomic E-state index is 14.9. The average molecular weight is 826 g/mol. The van der Waals surface area contributed by atoms with Crippen LogP contribution in [0.3, 0.4) is 0 Å². The summed E-state index contributed by atoms with van der Waals surface area (Å²) in [6.07, 6.45) is 2.92. The predicted molar refractivity (Wildman–Crippen MR) is 230 cm³/mol. The van der Waals surface area contributed by atoms with E-state index < -0.39 is 82.0 Å². The molecule has 0 saturated heterocycles. The topological polar surface area (TPSA) is 177 Å². The van der Waals surface area contributed by atoms with Crippen molar-refractivity contribution in [3.05, 3.63) is 47.7 Å². The summed E-state index contributed by atoms with van der Waals surface area (Å²) in [4.78, 5) is 83.8. The molecule has 0 radical (unpaired) electrons. The number of carbonyl (C=O) groups excluding carboxylic acids is 5. The van der Waals surface area contributed by atoms with Gasteiger partial charge in [-0.25, -0.2) is 9.59 Å². The third kappa shape index (κ3) is 13.8. The second-order valence-corrected chi connectivity index (χ2v) is 19.6. The lowest BCUT2D eigenvalue weighted by Gasteiger charge is -2.42. The van der Waals surface area contributed by atoms with Crippen LogP contribution in [0.4, 0.5) is 4.79 Å². The summed E-state index contributed by atoms with van der Waals surface area (Å²) in [5.74, 6) is -3.45. The monoisotopic (exact) mass is 826 g/mol. The van der Waals surface area contributed by atoms with E-state index in [2.05, 4.69) is 10.6 Å². The van der Waals surface area contributed by atoms with Gasteiger partial charge in [0.05, 0.1) is 6.04 Å². The lowest BCUT2D eigenvalue weighted by Crippen LogP contribution is -2.63. The van der Waals surface area contributed by atoms with E-state index >= 15 is 0 Å². The van der Waals surface area contributed by atoms with E-state index in [0.29, 0.717) is 0 Å². The highest BCUT2D eigenvalue weighted by molar-refractivity contribution is 5.97. The van der Waals surface area contributed by atoms with Gasteiger partial charge in [-0.3, -0.25) is 24.1 Å². The molecule has 2 aromatic rings. The first-order valence-corrected chi connectivity index (χ1v) is 20.3. The summed E-state index contributed by atoms with van der Waals surface area (Å²) in [5.41, 5.74) is -1.47. The van der Waals surface area contributed by atoms with Crippen molar-refractivity contribution in [3.63, 3.8) is 0 Å². The number of esters is 1. The number of aliphatic carboxylic acids is 1. The van der Waals surface area contributed by atoms with Gasteiger partial charge in [0.15, 0.2) is 0 Å². The van der Waals surface area contributed by atoms with Crippen molar-refractivity contribution in [2.24, 2.45) is 18.4 Å². The fourth-order valence-corrected chi connectivity index (χ4v) is 7.08. The number of rotatable bonds is 16. The van der Waals surface area contributed by atoms with Crippen molar-refractivity contribution >= 4 is 46.7 Å². The maximum Gasteiger partial charge on any atom is 0.410 e. The Labute approximate surface area is 351 Å². The van der Waals surface area contributed by atoms with Crippen LogP contribution in [0.5, 0.6) is 0 Å². The van der Waals surface area contributed by atoms with E-state index in [1.54, 1.807) is 61.6 Å². The summed E-state index contributed by atoms with van der Waals surface area (Å²) in [6.45, 7) is 25.0. The molecule has 0 bridgehead atoms. The van der Waals surface area contributed by atoms with E-state index in [4.69, 9.17) is 14.6 Å². The van der Waals surface area contributed by atoms with E-state index in [0.717, 1.165) is 16.5 Å². The normalized spacial score (nSPS) is 14.8. The number of aromatic nitrogens is 1. The number of carboxylic acids is 1. The molecule has 0 spiro atoms. The van der Waals surface area contributed by atoms with Crippen molar-refractivity contribution in [1.82, 2.24) is 25.0 Å². The van der Waals surface area contributed by atoms with Crippen LogP contribution >= 0.6 is 0 Å². The Morgan fingerprint density at radius 1 is 0.847 bits per heavy atom. The quantitative estimate of drug-likeness (QED) is 0.122. The van der Waals surface area contributed by atoms with Crippen LogP contribution in [0, 0.1) is 11.3 Å². The van der Waals surface area contributed by atoms with E-state index in [-0.39, 0.29) is 30.8 Å². The number of fused-ring (bicyclic) bond motifs is 1. The summed E-state index contributed by atoms with van der Waals surface area (Å²) >= 11 is 0. The number of carbonyl (C=O) groups is 6. The molecule has 1 heterocycles. The number of nitrogens with zero attached hydrogens (tertiary/aromatic N) is 3. The SMILES string of the molecule is C/C(=C\[C@H](C(C)C)N(C)C(=O)[C@@H](NC(=O)[C@@H](N(C)C(=O)OC(C)(C)C)C(C)(C)c1cn(C)c2ccccc12)C(C)(C)C)C(=O)N[C@H](CCCC(=O)O)C(=O)OC(C)(C)C. The van der Waals surface area contributed by atoms with Crippen LogP contribution in [0.15, 0.2) is 42.1 Å². The Morgan fingerprint density at radius 2 is 1.41 bits per heavy atom. The molecule has 1 aromatic heterocycles. The van der Waals surface area contributed by atoms with Gasteiger partial charge in [-0.2, -0.15) is 0 Å². The number of ether oxygens (including phenoxy) is 2. The van der Waals surface area contributed by atoms with E-state index in [1.165, 1.54) is 16.8 Å². The van der Waals surface area contributed by atoms with Crippen molar-refractivity contribution in [1.29, 1.82) is 0 Å². The molecule has 0 fully saturated rings. The zero-order chi connectivity index (χ0) is 45.6. The average Bonchev–Trinajstić information content (AvgIpc) is 3.43. The Hall–Kier alpha value is -4.88. The molecule has 3 N–H and O–H groups in total. The van der Waals surface area contributed by atoms with E-state index in [9.17, 15) is 28.8 Å². The number of aryl methyl sites for hydroxylation is 1. The Morgan fingerprint density at radius 3 is 1.92 bits per heavy atom. The number of benzene rings is 1. The third-order valence-corrected chi connectivity index (χ3v) is 10.1. The number of amides is 4. The Balaban J connectivity index is 2.56. The molecular weight excluding hydrogens is 755 g/mol. The van der Waals surface area contributed by atoms with Gasteiger partial charge in [-0.15, -0.1) is 0 Å². The van der Waals surface area contributed by atoms with Crippen molar-refractivity contribution in [3.8, 4) is 0 Å². The molecule has 0 unspecified atom stereocenters. The highest BCUT2D eigenvalue weighted by Crippen LogP contribution is 2.37. The van der Waals surface area contributed by atoms with Gasteiger partial charge in [0.25, 0.3) is 0 Å². The van der Waals surface area contributed by atoms with Gasteiger partial charge in [0, 0.05) is 55.7 Å². The molecule has 4 amide bonds. The summed E-state index contributed by atoms with van der Waals surface area (Å²) in [7, 11) is 5.06. The number of carboxylic acid groups (broad SMARTS) is 1. The molecule has 0 aliphatic carbocycles. The highest BCUT2D eigenvalue weighted by Gasteiger charge is 2.47. The van der Waals surface area contributed by atoms with Crippen molar-refractivity contribution < 1.29 is 43.3 Å². The molecular formula is C45H71N5O9. The number of para-hydroxylation sites is 1. The Kier molecular flexibility index (Phi) is 16.6. The first kappa shape index (κ1) is 50.3. The smallest absolute Gasteiger partial charge is 0.410 e. The van der Waals surface area contributed by atoms with Crippen LogP contribution in [0.25, 0.3) is 10.9 Å². The molecule has 0 aliphatic rings. The fourth-order valence-electron chi connectivity index (χ4n) is 7.08. The van der Waals surface area contributed by atoms with E-state index in [1.807, 2.05) is 90.5 Å². The van der Waals surface area contributed by atoms with Gasteiger partial charge in [0.1, 0.15) is 29.3 Å². The minimum absolute atomic E-state index is 0.0562. The Bertz CT molecular complexity index is 1870. The predicted octanol–water partition coefficient (Wildman–Crippen LogP) is 6.73. The van der Waals surface area contributed by atoms with Crippen LogP contribution in [0.2, 0.25) is 0 Å². The second-order valence-electron chi connectivity index (χ2n) is 19.6. The van der Waals surface area contributed by atoms with Gasteiger partial charge in [-0.1, -0.05) is 72.7 Å². The molecule has 0 saturated carbocycles. The first-order chi connectivity index (χ1) is 26.8. The first-order valence-electron chi connectivity index (χ1n) is 20.3. The molecule has 4 atom stereocenters. The number of likely N-dealkylation sites (N-methyl/N-ethyl adjacent to an activating group) is 2. The number of hydrogen-bond donors (Lipinski definition) is 3. The van der Waals surface area contributed by atoms with Crippen LogP contribution in [-0.2, 0) is 45.9 Å². The van der Waals surface area contributed by atoms with Crippen LogP contribution < -0.4 is 10.6 Å². The largest absolute Gasteiger partial charge is 0.481 e. The fraction of sp³-hybridized carbons (Fsp3) is 0.644. The zero-order valence-electron chi connectivity index (χ0n) is 38.5. The molecule has 2 rings (SSSR count). The van der Waals surface area contributed by atoms with Gasteiger partial charge < -0.3 is 34.7 Å². The summed E-state index contributed by atoms with van der Waals surface area (Å²) < 4.78 is 13.2. The molecule has 330 valence electrons. The number of nitrogens with one attached hydrogen (secondary N) is 2. The third-order valence-electron chi connectivity index (χ3n) is 10.1. The lowest BCUT2D eigenvalue weighted by molar-refractivity contribution is -0.158. The van der Waals surface area contributed by atoms with Gasteiger partial charge in [0.2, 0.25) is 17.7 Å². The molecule has 14 nitrogen and oxygen atoms in total. The van der Waals surface area contributed by atoms with Gasteiger partial charge in [-0.05, 0) is 84.3 Å². The lowest BCUT2D eigenvalue weighted by atomic mass is 9.76. The van der Waals surface area contributed by atoms with Crippen molar-refractivity contribution in [2.45, 2.75) is 157 Å². The standard InChI is InChI=1S/C45H71N5O9/c1-27(2)33(25-28(3)37(53)46-31(22-20-24-34(51)52)40(56)58-43(7,8)9)49(16)39(55)35(42(4,5)6)47-38(54)36(50(17)41(57)59-44(10,11)12)45(13,14)30-26-48(15)32-23-19-18-21-29(30)32/h18-19,21,23,25-27,31,33,35-36H,20,22,24H2,1-17H3,(H,46,53)(H,47,54)(H,51,52)/b28-25+/t31-,33-,35-,36-/m1/s1. The minimum atomic E-state index is -1.13. The number of hydrogen-bond acceptors (Lipinski definition) is 8. The zero-order valence-corrected chi connectivity index (χ0v) is 38.5.